The van der Waals surface area contributed by atoms with Crippen molar-refractivity contribution >= 4 is 34.1 Å². The lowest BCUT2D eigenvalue weighted by molar-refractivity contribution is 0.0966. The molecule has 2 aliphatic rings. The van der Waals surface area contributed by atoms with Gasteiger partial charge in [0.2, 0.25) is 0 Å². The summed E-state index contributed by atoms with van der Waals surface area (Å²) in [5.41, 5.74) is 6.96. The van der Waals surface area contributed by atoms with E-state index in [1.807, 2.05) is 42.9 Å². The Labute approximate surface area is 203 Å². The maximum Gasteiger partial charge on any atom is 0.254 e. The molecule has 0 saturated carbocycles. The van der Waals surface area contributed by atoms with E-state index in [2.05, 4.69) is 38.5 Å². The Balaban J connectivity index is 1.34. The number of aryl methyl sites for hydroxylation is 2. The highest BCUT2D eigenvalue weighted by Gasteiger charge is 2.28. The molecule has 1 fully saturated rings. The highest BCUT2D eigenvalue weighted by molar-refractivity contribution is 6.06. The molecule has 0 radical (unpaired) electrons. The van der Waals surface area contributed by atoms with E-state index in [4.69, 9.17) is 9.97 Å². The molecule has 6 heterocycles. The standard InChI is InChI=1S/C26H28N8O/c1-16-21(34-12-10-32(2)11-13-34)4-5-22(30-16)31-20-15-28-24(19-14-29-26(35)23(19)20)17-6-8-27-25-18(17)7-9-33(25)3/h4-9,15H,10-14H2,1-3H3,(H,29,35)(H,30,31). The molecule has 6 rings (SSSR count). The number of anilines is 3. The van der Waals surface area contributed by atoms with Gasteiger partial charge in [-0.15, -0.1) is 0 Å². The smallest absolute Gasteiger partial charge is 0.254 e. The molecule has 178 valence electrons. The van der Waals surface area contributed by atoms with Gasteiger partial charge in [-0.2, -0.15) is 0 Å². The van der Waals surface area contributed by atoms with Crippen LogP contribution >= 0.6 is 0 Å². The number of aromatic nitrogens is 4. The van der Waals surface area contributed by atoms with Crippen molar-refractivity contribution in [2.45, 2.75) is 13.5 Å². The van der Waals surface area contributed by atoms with Crippen LogP contribution in [-0.2, 0) is 13.6 Å². The molecule has 4 aromatic heterocycles. The van der Waals surface area contributed by atoms with Crippen molar-refractivity contribution in [3.8, 4) is 11.3 Å². The second-order valence-corrected chi connectivity index (χ2v) is 9.30. The van der Waals surface area contributed by atoms with Crippen LogP contribution in [0.4, 0.5) is 17.2 Å². The van der Waals surface area contributed by atoms with Gasteiger partial charge in [0.1, 0.15) is 11.5 Å². The lowest BCUT2D eigenvalue weighted by Gasteiger charge is -2.34. The molecule has 0 aromatic carbocycles. The third kappa shape index (κ3) is 3.68. The zero-order valence-corrected chi connectivity index (χ0v) is 20.2. The average Bonchev–Trinajstić information content (AvgIpc) is 3.44. The highest BCUT2D eigenvalue weighted by atomic mass is 16.1. The van der Waals surface area contributed by atoms with Crippen molar-refractivity contribution in [3.63, 3.8) is 0 Å². The van der Waals surface area contributed by atoms with Crippen molar-refractivity contribution in [2.75, 3.05) is 43.4 Å². The number of carbonyl (C=O) groups is 1. The first kappa shape index (κ1) is 21.5. The summed E-state index contributed by atoms with van der Waals surface area (Å²) in [4.78, 5) is 31.7. The Morgan fingerprint density at radius 1 is 1.03 bits per heavy atom. The van der Waals surface area contributed by atoms with E-state index in [1.54, 1.807) is 12.4 Å². The summed E-state index contributed by atoms with van der Waals surface area (Å²) in [6, 6.07) is 8.09. The normalized spacial score (nSPS) is 16.0. The molecule has 0 bridgehead atoms. The summed E-state index contributed by atoms with van der Waals surface area (Å²) in [6.07, 6.45) is 5.51. The molecule has 0 unspecified atom stereocenters. The summed E-state index contributed by atoms with van der Waals surface area (Å²) in [7, 11) is 4.12. The molecule has 2 aliphatic heterocycles. The molecule has 35 heavy (non-hydrogen) atoms. The fraction of sp³-hybridized carbons (Fsp3) is 0.308. The largest absolute Gasteiger partial charge is 0.368 e. The maximum absolute atomic E-state index is 12.9. The van der Waals surface area contributed by atoms with Gasteiger partial charge >= 0.3 is 0 Å². The number of nitrogens with one attached hydrogen (secondary N) is 2. The number of pyridine rings is 3. The number of likely N-dealkylation sites (N-methyl/N-ethyl adjacent to an activating group) is 1. The average molecular weight is 469 g/mol. The maximum atomic E-state index is 12.9. The minimum Gasteiger partial charge on any atom is -0.368 e. The van der Waals surface area contributed by atoms with E-state index in [0.717, 1.165) is 65.4 Å². The Morgan fingerprint density at radius 3 is 2.66 bits per heavy atom. The number of hydrogen-bond donors (Lipinski definition) is 2. The molecule has 1 saturated heterocycles. The fourth-order valence-corrected chi connectivity index (χ4v) is 5.08. The van der Waals surface area contributed by atoms with Crippen molar-refractivity contribution in [2.24, 2.45) is 7.05 Å². The first-order chi connectivity index (χ1) is 17.0. The topological polar surface area (TPSA) is 91.2 Å². The van der Waals surface area contributed by atoms with Gasteiger partial charge in [-0.05, 0) is 38.2 Å². The lowest BCUT2D eigenvalue weighted by Crippen LogP contribution is -2.44. The van der Waals surface area contributed by atoms with Crippen LogP contribution < -0.4 is 15.5 Å². The molecule has 1 amide bonds. The van der Waals surface area contributed by atoms with Crippen molar-refractivity contribution in [1.82, 2.24) is 29.7 Å². The van der Waals surface area contributed by atoms with Crippen LogP contribution in [0.5, 0.6) is 0 Å². The van der Waals surface area contributed by atoms with Crippen molar-refractivity contribution in [1.29, 1.82) is 0 Å². The van der Waals surface area contributed by atoms with E-state index in [0.29, 0.717) is 23.6 Å². The minimum atomic E-state index is -0.102. The highest BCUT2D eigenvalue weighted by Crippen LogP contribution is 2.36. The second kappa shape index (κ2) is 8.35. The van der Waals surface area contributed by atoms with Crippen LogP contribution in [0.1, 0.15) is 21.6 Å². The molecule has 4 aromatic rings. The van der Waals surface area contributed by atoms with Crippen LogP contribution in [0, 0.1) is 6.92 Å². The molecule has 9 heteroatoms. The first-order valence-electron chi connectivity index (χ1n) is 11.9. The molecular weight excluding hydrogens is 440 g/mol. The molecule has 9 nitrogen and oxygen atoms in total. The Kier molecular flexibility index (Phi) is 5.14. The number of carbonyl (C=O) groups excluding carboxylic acids is 1. The Morgan fingerprint density at radius 2 is 1.86 bits per heavy atom. The first-order valence-corrected chi connectivity index (χ1v) is 11.9. The summed E-state index contributed by atoms with van der Waals surface area (Å²) >= 11 is 0. The molecule has 2 N–H and O–H groups in total. The number of piperazine rings is 1. The number of hydrogen-bond acceptors (Lipinski definition) is 7. The summed E-state index contributed by atoms with van der Waals surface area (Å²) in [5.74, 6) is 0.599. The van der Waals surface area contributed by atoms with Gasteiger partial charge in [-0.25, -0.2) is 9.97 Å². The van der Waals surface area contributed by atoms with E-state index in [-0.39, 0.29) is 5.91 Å². The van der Waals surface area contributed by atoms with Crippen LogP contribution in [-0.4, -0.2) is 63.6 Å². The van der Waals surface area contributed by atoms with E-state index < -0.39 is 0 Å². The minimum absolute atomic E-state index is 0.102. The number of fused-ring (bicyclic) bond motifs is 2. The van der Waals surface area contributed by atoms with Gasteiger partial charge in [0.05, 0.1) is 34.5 Å². The quantitative estimate of drug-likeness (QED) is 0.476. The summed E-state index contributed by atoms with van der Waals surface area (Å²) in [5, 5.41) is 7.34. The number of nitrogens with zero attached hydrogens (tertiary/aromatic N) is 6. The van der Waals surface area contributed by atoms with Gasteiger partial charge in [0.15, 0.2) is 0 Å². The number of rotatable bonds is 4. The van der Waals surface area contributed by atoms with Crippen LogP contribution in [0.25, 0.3) is 22.3 Å². The zero-order chi connectivity index (χ0) is 24.1. The van der Waals surface area contributed by atoms with Gasteiger partial charge in [-0.1, -0.05) is 0 Å². The van der Waals surface area contributed by atoms with Gasteiger partial charge in [0.25, 0.3) is 5.91 Å². The van der Waals surface area contributed by atoms with E-state index >= 15 is 0 Å². The second-order valence-electron chi connectivity index (χ2n) is 9.30. The molecule has 0 spiro atoms. The number of amides is 1. The molecular formula is C26H28N8O. The Bertz CT molecular complexity index is 1450. The third-order valence-electron chi connectivity index (χ3n) is 7.02. The monoisotopic (exact) mass is 468 g/mol. The summed E-state index contributed by atoms with van der Waals surface area (Å²) in [6.45, 7) is 6.56. The van der Waals surface area contributed by atoms with Crippen LogP contribution in [0.3, 0.4) is 0 Å². The predicted molar refractivity (Wildman–Crippen MR) is 137 cm³/mol. The SMILES string of the molecule is Cc1nc(Nc2cnc(-c3ccnc4c3ccn4C)c3c2C(=O)NC3)ccc1N1CCN(C)CC1. The predicted octanol–water partition coefficient (Wildman–Crippen LogP) is 3.08. The van der Waals surface area contributed by atoms with Crippen molar-refractivity contribution in [3.05, 3.63) is 59.7 Å². The van der Waals surface area contributed by atoms with Gasteiger partial charge in [-0.3, -0.25) is 9.78 Å². The Hall–Kier alpha value is -3.98. The van der Waals surface area contributed by atoms with Crippen molar-refractivity contribution < 1.29 is 4.79 Å². The van der Waals surface area contributed by atoms with Crippen LogP contribution in [0.2, 0.25) is 0 Å². The lowest BCUT2D eigenvalue weighted by atomic mass is 10.0. The van der Waals surface area contributed by atoms with Gasteiger partial charge < -0.3 is 25.0 Å². The van der Waals surface area contributed by atoms with E-state index in [9.17, 15) is 4.79 Å². The third-order valence-corrected chi connectivity index (χ3v) is 7.02. The molecule has 0 atom stereocenters. The zero-order valence-electron chi connectivity index (χ0n) is 20.2. The molecule has 0 aliphatic carbocycles. The fourth-order valence-electron chi connectivity index (χ4n) is 5.08. The summed E-state index contributed by atoms with van der Waals surface area (Å²) < 4.78 is 1.98. The van der Waals surface area contributed by atoms with E-state index in [1.165, 1.54) is 0 Å². The van der Waals surface area contributed by atoms with Gasteiger partial charge in [0, 0.05) is 68.7 Å². The van der Waals surface area contributed by atoms with Crippen LogP contribution in [0.15, 0.2) is 42.9 Å².